The first-order chi connectivity index (χ1) is 11.3. The summed E-state index contributed by atoms with van der Waals surface area (Å²) in [5.74, 6) is 0. The zero-order valence-electron chi connectivity index (χ0n) is 15.3. The minimum absolute atomic E-state index is 0.0574. The van der Waals surface area contributed by atoms with Gasteiger partial charge in [-0.2, -0.15) is 0 Å². The van der Waals surface area contributed by atoms with E-state index in [1.165, 1.54) is 89.9 Å². The predicted octanol–water partition coefficient (Wildman–Crippen LogP) is 7.42. The van der Waals surface area contributed by atoms with Crippen molar-refractivity contribution < 1.29 is 0 Å². The number of allylic oxidation sites excluding steroid dienone is 2. The number of nitrogens with zero attached hydrogens (tertiary/aromatic N) is 1. The van der Waals surface area contributed by atoms with E-state index in [2.05, 4.69) is 24.1 Å². The van der Waals surface area contributed by atoms with Gasteiger partial charge in [-0.15, -0.1) is 0 Å². The molecule has 0 aromatic rings. The number of hydrogen-bond acceptors (Lipinski definition) is 1. The second kappa shape index (κ2) is 15.1. The lowest BCUT2D eigenvalue weighted by Crippen LogP contribution is -2.26. The van der Waals surface area contributed by atoms with Gasteiger partial charge in [0.05, 0.1) is 0 Å². The number of hydrogen-bond donors (Lipinski definition) is 0. The van der Waals surface area contributed by atoms with Crippen molar-refractivity contribution in [1.82, 2.24) is 4.90 Å². The Morgan fingerprint density at radius 2 is 1.17 bits per heavy atom. The maximum Gasteiger partial charge on any atom is 0.122 e. The monoisotopic (exact) mass is 339 g/mol. The first kappa shape index (κ1) is 20.6. The van der Waals surface area contributed by atoms with Gasteiger partial charge in [0.1, 0.15) is 5.50 Å². The fourth-order valence-corrected chi connectivity index (χ4v) is 3.44. The van der Waals surface area contributed by atoms with Gasteiger partial charge in [-0.3, -0.25) is 0 Å². The SMILES string of the molecule is CCCCCCCCCCCCCCCCN1C=CC=CC1Cl. The summed E-state index contributed by atoms with van der Waals surface area (Å²) in [6.45, 7) is 3.38. The molecule has 1 atom stereocenters. The molecule has 0 N–H and O–H groups in total. The highest BCUT2D eigenvalue weighted by atomic mass is 35.5. The number of halogens is 1. The van der Waals surface area contributed by atoms with Crippen LogP contribution >= 0.6 is 11.6 Å². The van der Waals surface area contributed by atoms with E-state index >= 15 is 0 Å². The molecule has 134 valence electrons. The van der Waals surface area contributed by atoms with Gasteiger partial charge in [-0.25, -0.2) is 0 Å². The molecule has 0 saturated carbocycles. The molecule has 0 fully saturated rings. The van der Waals surface area contributed by atoms with Gasteiger partial charge in [0.25, 0.3) is 0 Å². The molecule has 0 amide bonds. The summed E-state index contributed by atoms with van der Waals surface area (Å²) in [5.41, 5.74) is 0.0574. The van der Waals surface area contributed by atoms with Crippen LogP contribution in [0.4, 0.5) is 0 Å². The number of rotatable bonds is 15. The Labute approximate surface area is 150 Å². The predicted molar refractivity (Wildman–Crippen MR) is 105 cm³/mol. The van der Waals surface area contributed by atoms with Gasteiger partial charge in [-0.05, 0) is 18.6 Å². The molecule has 0 aromatic heterocycles. The Hall–Kier alpha value is -0.430. The normalized spacial score (nSPS) is 17.1. The first-order valence-electron chi connectivity index (χ1n) is 10.1. The lowest BCUT2D eigenvalue weighted by molar-refractivity contribution is 0.366. The van der Waals surface area contributed by atoms with Crippen LogP contribution in [0.1, 0.15) is 96.8 Å². The number of alkyl halides is 1. The lowest BCUT2D eigenvalue weighted by Gasteiger charge is -2.25. The van der Waals surface area contributed by atoms with Crippen molar-refractivity contribution in [2.75, 3.05) is 6.54 Å². The zero-order valence-corrected chi connectivity index (χ0v) is 16.1. The summed E-state index contributed by atoms with van der Waals surface area (Å²) < 4.78 is 0. The van der Waals surface area contributed by atoms with E-state index in [-0.39, 0.29) is 5.50 Å². The fraction of sp³-hybridized carbons (Fsp3) is 0.810. The summed E-state index contributed by atoms with van der Waals surface area (Å²) in [4.78, 5) is 2.22. The summed E-state index contributed by atoms with van der Waals surface area (Å²) in [6, 6.07) is 0. The summed E-state index contributed by atoms with van der Waals surface area (Å²) in [5, 5.41) is 0. The molecule has 2 heteroatoms. The Morgan fingerprint density at radius 1 is 0.696 bits per heavy atom. The maximum absolute atomic E-state index is 6.23. The average Bonchev–Trinajstić information content (AvgIpc) is 2.57. The van der Waals surface area contributed by atoms with E-state index in [0.29, 0.717) is 0 Å². The highest BCUT2D eigenvalue weighted by molar-refractivity contribution is 6.21. The summed E-state index contributed by atoms with van der Waals surface area (Å²) in [6.07, 6.45) is 28.1. The van der Waals surface area contributed by atoms with Gasteiger partial charge in [0.2, 0.25) is 0 Å². The van der Waals surface area contributed by atoms with Crippen LogP contribution in [0.15, 0.2) is 24.4 Å². The minimum Gasteiger partial charge on any atom is -0.358 e. The third kappa shape index (κ3) is 11.7. The molecular weight excluding hydrogens is 302 g/mol. The van der Waals surface area contributed by atoms with Gasteiger partial charge < -0.3 is 4.90 Å². The molecule has 0 saturated heterocycles. The van der Waals surface area contributed by atoms with Crippen LogP contribution in [0.5, 0.6) is 0 Å². The van der Waals surface area contributed by atoms with Crippen LogP contribution < -0.4 is 0 Å². The topological polar surface area (TPSA) is 3.24 Å². The molecule has 0 radical (unpaired) electrons. The standard InChI is InChI=1S/C21H38ClN/c1-2-3-4-5-6-7-8-9-10-11-12-13-14-16-19-23-20-17-15-18-21(23)22/h15,17-18,20-21H,2-14,16,19H2,1H3. The Kier molecular flexibility index (Phi) is 13.6. The Balaban J connectivity index is 1.75. The van der Waals surface area contributed by atoms with Gasteiger partial charge in [-0.1, -0.05) is 108 Å². The molecule has 23 heavy (non-hydrogen) atoms. The van der Waals surface area contributed by atoms with Crippen molar-refractivity contribution in [3.63, 3.8) is 0 Å². The van der Waals surface area contributed by atoms with E-state index in [9.17, 15) is 0 Å². The van der Waals surface area contributed by atoms with Crippen molar-refractivity contribution >= 4 is 11.6 Å². The molecule has 0 bridgehead atoms. The van der Waals surface area contributed by atoms with Crippen molar-refractivity contribution in [3.8, 4) is 0 Å². The largest absolute Gasteiger partial charge is 0.358 e. The zero-order chi connectivity index (χ0) is 16.6. The highest BCUT2D eigenvalue weighted by Crippen LogP contribution is 2.15. The molecule has 1 aliphatic rings. The average molecular weight is 340 g/mol. The van der Waals surface area contributed by atoms with Gasteiger partial charge >= 0.3 is 0 Å². The van der Waals surface area contributed by atoms with Crippen LogP contribution in [0, 0.1) is 0 Å². The second-order valence-electron chi connectivity index (χ2n) is 6.93. The second-order valence-corrected chi connectivity index (χ2v) is 7.38. The van der Waals surface area contributed by atoms with E-state index in [0.717, 1.165) is 6.54 Å². The van der Waals surface area contributed by atoms with E-state index in [1.54, 1.807) is 0 Å². The molecule has 1 aliphatic heterocycles. The minimum atomic E-state index is 0.0574. The molecule has 1 unspecified atom stereocenters. The molecule has 1 nitrogen and oxygen atoms in total. The van der Waals surface area contributed by atoms with Gasteiger partial charge in [0, 0.05) is 12.7 Å². The summed E-state index contributed by atoms with van der Waals surface area (Å²) >= 11 is 6.23. The van der Waals surface area contributed by atoms with Crippen LogP contribution in [0.2, 0.25) is 0 Å². The molecular formula is C21H38ClN. The first-order valence-corrected chi connectivity index (χ1v) is 10.5. The quantitative estimate of drug-likeness (QED) is 0.170. The molecule has 0 spiro atoms. The Morgan fingerprint density at radius 3 is 1.65 bits per heavy atom. The maximum atomic E-state index is 6.23. The van der Waals surface area contributed by atoms with E-state index in [1.807, 2.05) is 12.2 Å². The lowest BCUT2D eigenvalue weighted by atomic mass is 10.0. The van der Waals surface area contributed by atoms with Gasteiger partial charge in [0.15, 0.2) is 0 Å². The third-order valence-corrected chi connectivity index (χ3v) is 5.14. The third-order valence-electron chi connectivity index (χ3n) is 4.75. The van der Waals surface area contributed by atoms with Crippen LogP contribution in [0.25, 0.3) is 0 Å². The number of unbranched alkanes of at least 4 members (excludes halogenated alkanes) is 13. The molecule has 1 rings (SSSR count). The Bertz CT molecular complexity index is 311. The van der Waals surface area contributed by atoms with Crippen LogP contribution in [-0.4, -0.2) is 16.9 Å². The van der Waals surface area contributed by atoms with E-state index in [4.69, 9.17) is 11.6 Å². The molecule has 0 aliphatic carbocycles. The smallest absolute Gasteiger partial charge is 0.122 e. The van der Waals surface area contributed by atoms with Crippen molar-refractivity contribution in [3.05, 3.63) is 24.4 Å². The van der Waals surface area contributed by atoms with Crippen molar-refractivity contribution in [1.29, 1.82) is 0 Å². The fourth-order valence-electron chi connectivity index (χ4n) is 3.20. The van der Waals surface area contributed by atoms with Crippen LogP contribution in [-0.2, 0) is 0 Å². The molecule has 0 aromatic carbocycles. The van der Waals surface area contributed by atoms with Crippen LogP contribution in [0.3, 0.4) is 0 Å². The highest BCUT2D eigenvalue weighted by Gasteiger charge is 2.09. The van der Waals surface area contributed by atoms with Crippen molar-refractivity contribution in [2.45, 2.75) is 102 Å². The van der Waals surface area contributed by atoms with E-state index < -0.39 is 0 Å². The summed E-state index contributed by atoms with van der Waals surface area (Å²) in [7, 11) is 0. The van der Waals surface area contributed by atoms with Crippen molar-refractivity contribution in [2.24, 2.45) is 0 Å². The molecule has 1 heterocycles.